The van der Waals surface area contributed by atoms with E-state index < -0.39 is 5.91 Å². The van der Waals surface area contributed by atoms with Crippen LogP contribution in [0.25, 0.3) is 6.08 Å². The van der Waals surface area contributed by atoms with Gasteiger partial charge in [0.2, 0.25) is 5.91 Å². The van der Waals surface area contributed by atoms with Gasteiger partial charge in [-0.25, -0.2) is 5.48 Å². The Hall–Kier alpha value is -2.14. The number of carbonyl (C=O) groups is 2. The van der Waals surface area contributed by atoms with Gasteiger partial charge in [-0.3, -0.25) is 14.8 Å². The van der Waals surface area contributed by atoms with Crippen molar-refractivity contribution in [2.45, 2.75) is 32.1 Å². The van der Waals surface area contributed by atoms with Crippen molar-refractivity contribution in [3.63, 3.8) is 0 Å². The average molecular weight is 288 g/mol. The minimum absolute atomic E-state index is 0.00867. The number of hydrogen-bond acceptors (Lipinski definition) is 3. The molecule has 1 aliphatic carbocycles. The van der Waals surface area contributed by atoms with E-state index in [1.54, 1.807) is 18.2 Å². The molecule has 2 amide bonds. The molecule has 2 rings (SSSR count). The second kappa shape index (κ2) is 7.59. The van der Waals surface area contributed by atoms with Crippen molar-refractivity contribution >= 4 is 23.6 Å². The Morgan fingerprint density at radius 3 is 2.67 bits per heavy atom. The fourth-order valence-electron chi connectivity index (χ4n) is 2.64. The predicted octanol–water partition coefficient (Wildman–Crippen LogP) is 2.72. The van der Waals surface area contributed by atoms with E-state index in [4.69, 9.17) is 5.21 Å². The van der Waals surface area contributed by atoms with Crippen molar-refractivity contribution in [1.82, 2.24) is 5.48 Å². The van der Waals surface area contributed by atoms with Crippen LogP contribution in [0.2, 0.25) is 0 Å². The Bertz CT molecular complexity index is 534. The molecule has 5 heteroatoms. The van der Waals surface area contributed by atoms with Crippen LogP contribution >= 0.6 is 0 Å². The fourth-order valence-corrected chi connectivity index (χ4v) is 2.64. The summed E-state index contributed by atoms with van der Waals surface area (Å²) in [5.74, 6) is -0.107. The van der Waals surface area contributed by atoms with Crippen LogP contribution in [0.1, 0.15) is 37.7 Å². The number of hydroxylamine groups is 1. The van der Waals surface area contributed by atoms with E-state index in [-0.39, 0.29) is 5.91 Å². The van der Waals surface area contributed by atoms with Crippen LogP contribution in [-0.4, -0.2) is 17.0 Å². The first-order chi connectivity index (χ1) is 10.2. The fraction of sp³-hybridized carbons (Fsp3) is 0.375. The third kappa shape index (κ3) is 4.72. The molecule has 3 N–H and O–H groups in total. The molecule has 0 atom stereocenters. The van der Waals surface area contributed by atoms with E-state index >= 15 is 0 Å². The monoisotopic (exact) mass is 288 g/mol. The van der Waals surface area contributed by atoms with Crippen molar-refractivity contribution < 1.29 is 14.8 Å². The van der Waals surface area contributed by atoms with E-state index in [0.717, 1.165) is 18.4 Å². The zero-order chi connectivity index (χ0) is 15.1. The van der Waals surface area contributed by atoms with Crippen LogP contribution in [0, 0.1) is 5.92 Å². The van der Waals surface area contributed by atoms with Crippen LogP contribution in [-0.2, 0) is 9.59 Å². The zero-order valence-corrected chi connectivity index (χ0v) is 11.8. The molecule has 21 heavy (non-hydrogen) atoms. The van der Waals surface area contributed by atoms with Crippen LogP contribution < -0.4 is 10.8 Å². The molecule has 1 fully saturated rings. The smallest absolute Gasteiger partial charge is 0.267 e. The summed E-state index contributed by atoms with van der Waals surface area (Å²) in [5.41, 5.74) is 2.92. The SMILES string of the molecule is O=C(C=Cc1ccccc1NC(=O)CC1CCCC1)NO. The molecule has 0 unspecified atom stereocenters. The molecule has 0 bridgehead atoms. The highest BCUT2D eigenvalue weighted by Gasteiger charge is 2.18. The predicted molar refractivity (Wildman–Crippen MR) is 80.6 cm³/mol. The Balaban J connectivity index is 2.00. The molecule has 0 saturated heterocycles. The van der Waals surface area contributed by atoms with Gasteiger partial charge in [0.05, 0.1) is 0 Å². The highest BCUT2D eigenvalue weighted by Crippen LogP contribution is 2.28. The molecule has 0 radical (unpaired) electrons. The summed E-state index contributed by atoms with van der Waals surface area (Å²) >= 11 is 0. The number of benzene rings is 1. The van der Waals surface area contributed by atoms with Gasteiger partial charge < -0.3 is 5.32 Å². The number of anilines is 1. The van der Waals surface area contributed by atoms with Gasteiger partial charge in [-0.15, -0.1) is 0 Å². The van der Waals surface area contributed by atoms with Crippen molar-refractivity contribution in [3.8, 4) is 0 Å². The third-order valence-corrected chi connectivity index (χ3v) is 3.71. The van der Waals surface area contributed by atoms with Crippen LogP contribution in [0.15, 0.2) is 30.3 Å². The quantitative estimate of drug-likeness (QED) is 0.443. The molecular formula is C16H20N2O3. The highest BCUT2D eigenvalue weighted by atomic mass is 16.5. The van der Waals surface area contributed by atoms with Crippen LogP contribution in [0.5, 0.6) is 0 Å². The van der Waals surface area contributed by atoms with Gasteiger partial charge in [-0.05, 0) is 36.5 Å². The van der Waals surface area contributed by atoms with E-state index in [9.17, 15) is 9.59 Å². The first kappa shape index (κ1) is 15.3. The lowest BCUT2D eigenvalue weighted by Gasteiger charge is -2.11. The van der Waals surface area contributed by atoms with Crippen molar-refractivity contribution in [2.75, 3.05) is 5.32 Å². The van der Waals surface area contributed by atoms with Gasteiger partial charge in [0.25, 0.3) is 5.91 Å². The molecule has 1 saturated carbocycles. The van der Waals surface area contributed by atoms with Crippen LogP contribution in [0.4, 0.5) is 5.69 Å². The van der Waals surface area contributed by atoms with Gasteiger partial charge in [0.1, 0.15) is 0 Å². The lowest BCUT2D eigenvalue weighted by Crippen LogP contribution is -2.16. The summed E-state index contributed by atoms with van der Waals surface area (Å²) in [6, 6.07) is 7.24. The van der Waals surface area contributed by atoms with Gasteiger partial charge in [0, 0.05) is 18.2 Å². The standard InChI is InChI=1S/C16H20N2O3/c19-15(18-21)10-9-13-7-3-4-8-14(13)17-16(20)11-12-5-1-2-6-12/h3-4,7-10,12,21H,1-2,5-6,11H2,(H,17,20)(H,18,19). The number of para-hydroxylation sites is 1. The van der Waals surface area contributed by atoms with E-state index in [0.29, 0.717) is 18.0 Å². The van der Waals surface area contributed by atoms with Crippen LogP contribution in [0.3, 0.4) is 0 Å². The maximum Gasteiger partial charge on any atom is 0.267 e. The lowest BCUT2D eigenvalue weighted by atomic mass is 10.0. The first-order valence-electron chi connectivity index (χ1n) is 7.20. The summed E-state index contributed by atoms with van der Waals surface area (Å²) in [7, 11) is 0. The van der Waals surface area contributed by atoms with Crippen molar-refractivity contribution in [2.24, 2.45) is 5.92 Å². The summed E-state index contributed by atoms with van der Waals surface area (Å²) in [6.07, 6.45) is 8.01. The minimum atomic E-state index is -0.609. The molecule has 0 spiro atoms. The minimum Gasteiger partial charge on any atom is -0.326 e. The maximum absolute atomic E-state index is 12.1. The Labute approximate surface area is 124 Å². The lowest BCUT2D eigenvalue weighted by molar-refractivity contribution is -0.124. The molecule has 1 aliphatic rings. The summed E-state index contributed by atoms with van der Waals surface area (Å²) in [5, 5.41) is 11.4. The molecule has 0 heterocycles. The van der Waals surface area contributed by atoms with Gasteiger partial charge in [-0.1, -0.05) is 31.0 Å². The van der Waals surface area contributed by atoms with Gasteiger partial charge >= 0.3 is 0 Å². The van der Waals surface area contributed by atoms with E-state index in [2.05, 4.69) is 5.32 Å². The van der Waals surface area contributed by atoms with Gasteiger partial charge in [0.15, 0.2) is 0 Å². The highest BCUT2D eigenvalue weighted by molar-refractivity contribution is 5.95. The molecule has 5 nitrogen and oxygen atoms in total. The summed E-state index contributed by atoms with van der Waals surface area (Å²) in [4.78, 5) is 23.1. The number of carbonyl (C=O) groups excluding carboxylic acids is 2. The first-order valence-corrected chi connectivity index (χ1v) is 7.20. The molecular weight excluding hydrogens is 268 g/mol. The summed E-state index contributed by atoms with van der Waals surface area (Å²) in [6.45, 7) is 0. The number of nitrogens with one attached hydrogen (secondary N) is 2. The average Bonchev–Trinajstić information content (AvgIpc) is 2.98. The second-order valence-electron chi connectivity index (χ2n) is 5.30. The maximum atomic E-state index is 12.1. The summed E-state index contributed by atoms with van der Waals surface area (Å²) < 4.78 is 0. The molecule has 112 valence electrons. The van der Waals surface area contributed by atoms with E-state index in [1.807, 2.05) is 12.1 Å². The third-order valence-electron chi connectivity index (χ3n) is 3.71. The topological polar surface area (TPSA) is 78.4 Å². The number of amides is 2. The molecule has 1 aromatic carbocycles. The Morgan fingerprint density at radius 2 is 1.95 bits per heavy atom. The van der Waals surface area contributed by atoms with Crippen molar-refractivity contribution in [1.29, 1.82) is 0 Å². The Morgan fingerprint density at radius 1 is 1.24 bits per heavy atom. The largest absolute Gasteiger partial charge is 0.326 e. The molecule has 1 aromatic rings. The zero-order valence-electron chi connectivity index (χ0n) is 11.8. The Kier molecular flexibility index (Phi) is 5.51. The van der Waals surface area contributed by atoms with E-state index in [1.165, 1.54) is 24.4 Å². The second-order valence-corrected chi connectivity index (χ2v) is 5.30. The number of hydrogen-bond donors (Lipinski definition) is 3. The number of rotatable bonds is 5. The van der Waals surface area contributed by atoms with Gasteiger partial charge in [-0.2, -0.15) is 0 Å². The molecule has 0 aromatic heterocycles. The molecule has 0 aliphatic heterocycles. The normalized spacial score (nSPS) is 15.3. The van der Waals surface area contributed by atoms with Crippen molar-refractivity contribution in [3.05, 3.63) is 35.9 Å².